The molecule has 1 aromatic carbocycles. The number of fused-ring (bicyclic) bond motifs is 1. The molecular weight excluding hydrogens is 496 g/mol. The second kappa shape index (κ2) is 12.9. The Kier molecular flexibility index (Phi) is 9.64. The van der Waals surface area contributed by atoms with Crippen molar-refractivity contribution < 1.29 is 23.9 Å². The molecule has 1 N–H and O–H groups in total. The number of methoxy groups -OCH3 is 1. The second-order valence-corrected chi connectivity index (χ2v) is 11.8. The number of amides is 3. The largest absolute Gasteiger partial charge is 0.372 e. The van der Waals surface area contributed by atoms with Gasteiger partial charge in [-0.15, -0.1) is 0 Å². The average Bonchev–Trinajstić information content (AvgIpc) is 3.66. The van der Waals surface area contributed by atoms with Gasteiger partial charge in [0, 0.05) is 51.0 Å². The molecule has 3 aliphatic heterocycles. The molecule has 0 aromatic heterocycles. The Morgan fingerprint density at radius 1 is 1.03 bits per heavy atom. The minimum atomic E-state index is -0.570. The van der Waals surface area contributed by atoms with Crippen molar-refractivity contribution in [3.05, 3.63) is 29.8 Å². The highest BCUT2D eigenvalue weighted by atomic mass is 16.5. The first-order chi connectivity index (χ1) is 18.7. The van der Waals surface area contributed by atoms with E-state index in [1.54, 1.807) is 9.80 Å². The Morgan fingerprint density at radius 2 is 1.72 bits per heavy atom. The van der Waals surface area contributed by atoms with Crippen molar-refractivity contribution in [1.82, 2.24) is 15.1 Å². The van der Waals surface area contributed by atoms with Gasteiger partial charge in [-0.1, -0.05) is 20.8 Å². The van der Waals surface area contributed by atoms with Gasteiger partial charge in [0.25, 0.3) is 11.8 Å². The van der Waals surface area contributed by atoms with E-state index in [9.17, 15) is 19.2 Å². The average molecular weight is 541 g/mol. The lowest BCUT2D eigenvalue weighted by atomic mass is 10.0. The lowest BCUT2D eigenvalue weighted by Crippen LogP contribution is -2.46. The van der Waals surface area contributed by atoms with E-state index in [0.29, 0.717) is 50.3 Å². The number of rotatable bonds is 11. The number of ketones is 1. The van der Waals surface area contributed by atoms with Crippen LogP contribution in [0.1, 0.15) is 69.7 Å². The first-order valence-corrected chi connectivity index (χ1v) is 14.5. The van der Waals surface area contributed by atoms with Crippen LogP contribution in [0, 0.1) is 11.8 Å². The Labute approximate surface area is 232 Å². The van der Waals surface area contributed by atoms with Gasteiger partial charge in [0.2, 0.25) is 5.91 Å². The Bertz CT molecular complexity index is 1040. The van der Waals surface area contributed by atoms with Gasteiger partial charge in [-0.25, -0.2) is 0 Å². The van der Waals surface area contributed by atoms with Crippen LogP contribution in [0.4, 0.5) is 5.69 Å². The molecule has 3 aliphatic rings. The Morgan fingerprint density at radius 3 is 2.36 bits per heavy atom. The summed E-state index contributed by atoms with van der Waals surface area (Å²) in [5.74, 6) is -0.0665. The minimum absolute atomic E-state index is 0.0382. The zero-order valence-corrected chi connectivity index (χ0v) is 23.9. The number of ether oxygens (including phenoxy) is 1. The normalized spacial score (nSPS) is 22.4. The molecule has 0 bridgehead atoms. The summed E-state index contributed by atoms with van der Waals surface area (Å²) in [6, 6.07) is 6.90. The predicted octanol–water partition coefficient (Wildman–Crippen LogP) is 2.87. The highest BCUT2D eigenvalue weighted by molar-refractivity contribution is 5.98. The summed E-state index contributed by atoms with van der Waals surface area (Å²) in [7, 11) is 1.53. The van der Waals surface area contributed by atoms with Crippen molar-refractivity contribution in [2.24, 2.45) is 11.8 Å². The standard InChI is InChI=1S/C30H44N4O5/c1-20(2)17-26(39-4)30(38)34-19-25(35)28-24(34)12-16-33(28)27(36)18-21(3)11-13-31-29(37)22-7-9-23(10-8-22)32-14-5-6-15-32/h7-10,20-21,24,26,28H,5-6,11-19H2,1-4H3,(H,31,37). The smallest absolute Gasteiger partial charge is 0.252 e. The Balaban J connectivity index is 1.23. The SMILES string of the molecule is COC(CC(C)C)C(=O)N1CC(=O)C2C1CCN2C(=O)CC(C)CCNC(=O)c1ccc(N2CCCC2)cc1. The maximum atomic E-state index is 13.2. The number of nitrogens with zero attached hydrogens (tertiary/aromatic N) is 3. The molecule has 39 heavy (non-hydrogen) atoms. The molecule has 0 spiro atoms. The summed E-state index contributed by atoms with van der Waals surface area (Å²) in [5, 5.41) is 2.97. The van der Waals surface area contributed by atoms with Crippen LogP contribution in [-0.2, 0) is 19.1 Å². The molecule has 1 aromatic rings. The van der Waals surface area contributed by atoms with Crippen molar-refractivity contribution in [2.75, 3.05) is 44.7 Å². The number of benzene rings is 1. The fraction of sp³-hybridized carbons (Fsp3) is 0.667. The molecule has 4 rings (SSSR count). The predicted molar refractivity (Wildman–Crippen MR) is 149 cm³/mol. The van der Waals surface area contributed by atoms with E-state index in [-0.39, 0.29) is 42.0 Å². The number of hydrogen-bond donors (Lipinski definition) is 1. The van der Waals surface area contributed by atoms with Gasteiger partial charge in [-0.05, 0) is 68.2 Å². The number of anilines is 1. The van der Waals surface area contributed by atoms with Gasteiger partial charge in [0.1, 0.15) is 12.1 Å². The first kappa shape index (κ1) is 29.1. The first-order valence-electron chi connectivity index (χ1n) is 14.5. The van der Waals surface area contributed by atoms with E-state index >= 15 is 0 Å². The van der Waals surface area contributed by atoms with E-state index in [1.165, 1.54) is 20.0 Å². The molecule has 3 fully saturated rings. The van der Waals surface area contributed by atoms with E-state index in [1.807, 2.05) is 45.0 Å². The minimum Gasteiger partial charge on any atom is -0.372 e. The van der Waals surface area contributed by atoms with Crippen molar-refractivity contribution in [1.29, 1.82) is 0 Å². The van der Waals surface area contributed by atoms with Crippen molar-refractivity contribution in [2.45, 2.75) is 77.5 Å². The summed E-state index contributed by atoms with van der Waals surface area (Å²) >= 11 is 0. The van der Waals surface area contributed by atoms with E-state index in [4.69, 9.17) is 4.74 Å². The highest BCUT2D eigenvalue weighted by Gasteiger charge is 2.52. The maximum Gasteiger partial charge on any atom is 0.252 e. The van der Waals surface area contributed by atoms with Gasteiger partial charge < -0.3 is 24.8 Å². The second-order valence-electron chi connectivity index (χ2n) is 11.8. The molecule has 214 valence electrons. The molecular formula is C30H44N4O5. The lowest BCUT2D eigenvalue weighted by Gasteiger charge is -2.28. The van der Waals surface area contributed by atoms with Crippen LogP contribution in [0.5, 0.6) is 0 Å². The molecule has 9 nitrogen and oxygen atoms in total. The monoisotopic (exact) mass is 540 g/mol. The van der Waals surface area contributed by atoms with Crippen LogP contribution in [0.15, 0.2) is 24.3 Å². The van der Waals surface area contributed by atoms with Gasteiger partial charge in [-0.3, -0.25) is 19.2 Å². The number of nitrogens with one attached hydrogen (secondary N) is 1. The molecule has 4 atom stereocenters. The fourth-order valence-corrected chi connectivity index (χ4v) is 6.15. The summed E-state index contributed by atoms with van der Waals surface area (Å²) in [6.07, 6.45) is 4.02. The Hall–Kier alpha value is -2.94. The number of Topliss-reactive ketones (excluding diaryl/α,β-unsaturated/α-hetero) is 1. The number of hydrogen-bond acceptors (Lipinski definition) is 6. The van der Waals surface area contributed by atoms with Crippen molar-refractivity contribution in [3.8, 4) is 0 Å². The molecule has 3 amide bonds. The van der Waals surface area contributed by atoms with Crippen LogP contribution < -0.4 is 10.2 Å². The third-order valence-corrected chi connectivity index (χ3v) is 8.32. The van der Waals surface area contributed by atoms with Gasteiger partial charge in [-0.2, -0.15) is 0 Å². The molecule has 0 radical (unpaired) electrons. The van der Waals surface area contributed by atoms with Crippen molar-refractivity contribution in [3.63, 3.8) is 0 Å². The number of carbonyl (C=O) groups is 4. The molecule has 9 heteroatoms. The fourth-order valence-electron chi connectivity index (χ4n) is 6.15. The third-order valence-electron chi connectivity index (χ3n) is 8.32. The summed E-state index contributed by atoms with van der Waals surface area (Å²) in [4.78, 5) is 57.4. The van der Waals surface area contributed by atoms with E-state index in [0.717, 1.165) is 18.8 Å². The zero-order chi connectivity index (χ0) is 28.1. The van der Waals surface area contributed by atoms with Crippen LogP contribution in [-0.4, -0.2) is 91.3 Å². The number of carbonyl (C=O) groups excluding carboxylic acids is 4. The number of likely N-dealkylation sites (tertiary alicyclic amines) is 2. The van der Waals surface area contributed by atoms with Crippen LogP contribution in [0.3, 0.4) is 0 Å². The third kappa shape index (κ3) is 6.80. The quantitative estimate of drug-likeness (QED) is 0.464. The van der Waals surface area contributed by atoms with E-state index < -0.39 is 12.1 Å². The van der Waals surface area contributed by atoms with Crippen molar-refractivity contribution >= 4 is 29.2 Å². The molecule has 3 saturated heterocycles. The topological polar surface area (TPSA) is 99.3 Å². The lowest BCUT2D eigenvalue weighted by molar-refractivity contribution is -0.144. The molecule has 3 heterocycles. The molecule has 0 aliphatic carbocycles. The van der Waals surface area contributed by atoms with Crippen LogP contribution in [0.2, 0.25) is 0 Å². The van der Waals surface area contributed by atoms with Gasteiger partial charge in [0.15, 0.2) is 5.78 Å². The van der Waals surface area contributed by atoms with Crippen LogP contribution >= 0.6 is 0 Å². The summed E-state index contributed by atoms with van der Waals surface area (Å²) in [6.45, 7) is 9.18. The van der Waals surface area contributed by atoms with Crippen LogP contribution in [0.25, 0.3) is 0 Å². The van der Waals surface area contributed by atoms with Gasteiger partial charge in [0.05, 0.1) is 12.6 Å². The molecule has 4 unspecified atom stereocenters. The van der Waals surface area contributed by atoms with E-state index in [2.05, 4.69) is 10.2 Å². The summed E-state index contributed by atoms with van der Waals surface area (Å²) in [5.41, 5.74) is 1.79. The highest BCUT2D eigenvalue weighted by Crippen LogP contribution is 2.32. The maximum absolute atomic E-state index is 13.2. The van der Waals surface area contributed by atoms with Gasteiger partial charge >= 0.3 is 0 Å². The molecule has 0 saturated carbocycles. The summed E-state index contributed by atoms with van der Waals surface area (Å²) < 4.78 is 5.44. The zero-order valence-electron chi connectivity index (χ0n) is 23.9.